The standard InChI is InChI=1S/C21H26N2O3/c1-14(12-16-9-6-7-11-19(16)26-2)22-20(24)17-13-15-8-4-3-5-10-18(15)23-21(17)25/h6-7,9,11,13-14H,3-5,8,10,12H2,1-2H3,(H,22,24)(H,23,25)/t14-/m1/s1. The highest BCUT2D eigenvalue weighted by molar-refractivity contribution is 5.94. The van der Waals surface area contributed by atoms with Gasteiger partial charge in [0.05, 0.1) is 7.11 Å². The van der Waals surface area contributed by atoms with Gasteiger partial charge in [-0.2, -0.15) is 0 Å². The quantitative estimate of drug-likeness (QED) is 0.811. The number of nitrogens with one attached hydrogen (secondary N) is 2. The number of carbonyl (C=O) groups excluding carboxylic acids is 1. The highest BCUT2D eigenvalue weighted by Gasteiger charge is 2.18. The number of hydrogen-bond donors (Lipinski definition) is 2. The van der Waals surface area contributed by atoms with Crippen LogP contribution in [-0.4, -0.2) is 24.0 Å². The van der Waals surface area contributed by atoms with Crippen molar-refractivity contribution in [1.29, 1.82) is 0 Å². The lowest BCUT2D eigenvalue weighted by atomic mass is 10.0. The summed E-state index contributed by atoms with van der Waals surface area (Å²) in [5.74, 6) is 0.483. The molecule has 0 aliphatic heterocycles. The first-order chi connectivity index (χ1) is 12.6. The van der Waals surface area contributed by atoms with Gasteiger partial charge in [0.1, 0.15) is 11.3 Å². The lowest BCUT2D eigenvalue weighted by Gasteiger charge is -2.16. The summed E-state index contributed by atoms with van der Waals surface area (Å²) in [7, 11) is 1.64. The monoisotopic (exact) mass is 354 g/mol. The Bertz CT molecular complexity index is 841. The Kier molecular flexibility index (Phi) is 5.76. The lowest BCUT2D eigenvalue weighted by molar-refractivity contribution is 0.0938. The molecule has 1 aromatic heterocycles. The molecule has 1 amide bonds. The van der Waals surface area contributed by atoms with Crippen molar-refractivity contribution >= 4 is 5.91 Å². The van der Waals surface area contributed by atoms with Crippen LogP contribution >= 0.6 is 0 Å². The van der Waals surface area contributed by atoms with Crippen LogP contribution in [0.3, 0.4) is 0 Å². The number of H-pyrrole nitrogens is 1. The van der Waals surface area contributed by atoms with Crippen LogP contribution in [-0.2, 0) is 19.3 Å². The van der Waals surface area contributed by atoms with Gasteiger partial charge in [0, 0.05) is 11.7 Å². The van der Waals surface area contributed by atoms with Crippen LogP contribution in [0.5, 0.6) is 5.75 Å². The molecule has 5 nitrogen and oxygen atoms in total. The van der Waals surface area contributed by atoms with Crippen LogP contribution in [0, 0.1) is 0 Å². The number of aromatic amines is 1. The van der Waals surface area contributed by atoms with Crippen LogP contribution in [0.1, 0.15) is 53.4 Å². The fourth-order valence-electron chi connectivity index (χ4n) is 3.57. The van der Waals surface area contributed by atoms with Gasteiger partial charge < -0.3 is 15.0 Å². The molecule has 0 saturated carbocycles. The van der Waals surface area contributed by atoms with Crippen LogP contribution < -0.4 is 15.6 Å². The second-order valence-corrected chi connectivity index (χ2v) is 6.97. The van der Waals surface area contributed by atoms with Crippen LogP contribution in [0.4, 0.5) is 0 Å². The second kappa shape index (κ2) is 8.21. The SMILES string of the molecule is COc1ccccc1C[C@@H](C)NC(=O)c1cc2c([nH]c1=O)CCCCC2. The third kappa shape index (κ3) is 4.15. The normalized spacial score (nSPS) is 14.8. The van der Waals surface area contributed by atoms with E-state index in [-0.39, 0.29) is 23.1 Å². The van der Waals surface area contributed by atoms with E-state index in [0.717, 1.165) is 54.7 Å². The van der Waals surface area contributed by atoms with Crippen molar-refractivity contribution in [3.8, 4) is 5.75 Å². The Morgan fingerprint density at radius 2 is 2.00 bits per heavy atom. The highest BCUT2D eigenvalue weighted by Crippen LogP contribution is 2.20. The topological polar surface area (TPSA) is 71.2 Å². The van der Waals surface area contributed by atoms with E-state index in [9.17, 15) is 9.59 Å². The fourth-order valence-corrected chi connectivity index (χ4v) is 3.57. The number of para-hydroxylation sites is 1. The first-order valence-electron chi connectivity index (χ1n) is 9.26. The Hall–Kier alpha value is -2.56. The third-order valence-electron chi connectivity index (χ3n) is 4.93. The Morgan fingerprint density at radius 1 is 1.23 bits per heavy atom. The molecule has 1 heterocycles. The molecule has 138 valence electrons. The molecule has 0 radical (unpaired) electrons. The van der Waals surface area contributed by atoms with Gasteiger partial charge in [-0.05, 0) is 62.3 Å². The van der Waals surface area contributed by atoms with Crippen LogP contribution in [0.25, 0.3) is 0 Å². The predicted molar refractivity (Wildman–Crippen MR) is 102 cm³/mol. The van der Waals surface area contributed by atoms with Crippen LogP contribution in [0.2, 0.25) is 0 Å². The van der Waals surface area contributed by atoms with E-state index in [1.807, 2.05) is 31.2 Å². The van der Waals surface area contributed by atoms with E-state index in [2.05, 4.69) is 10.3 Å². The summed E-state index contributed by atoms with van der Waals surface area (Å²) in [5.41, 5.74) is 3.03. The van der Waals surface area contributed by atoms with Crippen molar-refractivity contribution in [2.24, 2.45) is 0 Å². The number of rotatable bonds is 5. The largest absolute Gasteiger partial charge is 0.496 e. The minimum atomic E-state index is -0.319. The highest BCUT2D eigenvalue weighted by atomic mass is 16.5. The molecule has 1 aliphatic carbocycles. The van der Waals surface area contributed by atoms with Crippen molar-refractivity contribution in [2.75, 3.05) is 7.11 Å². The van der Waals surface area contributed by atoms with E-state index in [0.29, 0.717) is 6.42 Å². The maximum Gasteiger partial charge on any atom is 0.261 e. The zero-order valence-corrected chi connectivity index (χ0v) is 15.4. The molecule has 0 spiro atoms. The van der Waals surface area contributed by atoms with Crippen molar-refractivity contribution in [3.05, 3.63) is 63.1 Å². The third-order valence-corrected chi connectivity index (χ3v) is 4.93. The fraction of sp³-hybridized carbons (Fsp3) is 0.429. The number of benzene rings is 1. The predicted octanol–water partition coefficient (Wildman–Crippen LogP) is 3.01. The van der Waals surface area contributed by atoms with Gasteiger partial charge in [0.25, 0.3) is 11.5 Å². The second-order valence-electron chi connectivity index (χ2n) is 6.97. The Morgan fingerprint density at radius 3 is 2.81 bits per heavy atom. The molecule has 5 heteroatoms. The zero-order valence-electron chi connectivity index (χ0n) is 15.4. The van der Waals surface area contributed by atoms with E-state index in [1.165, 1.54) is 0 Å². The molecule has 0 saturated heterocycles. The van der Waals surface area contributed by atoms with Gasteiger partial charge in [-0.25, -0.2) is 0 Å². The van der Waals surface area contributed by atoms with Gasteiger partial charge in [0.2, 0.25) is 0 Å². The summed E-state index contributed by atoms with van der Waals surface area (Å²) >= 11 is 0. The van der Waals surface area contributed by atoms with Gasteiger partial charge in [0.15, 0.2) is 0 Å². The maximum atomic E-state index is 12.6. The smallest absolute Gasteiger partial charge is 0.261 e. The first kappa shape index (κ1) is 18.2. The summed E-state index contributed by atoms with van der Waals surface area (Å²) in [6.07, 6.45) is 5.79. The number of carbonyl (C=O) groups is 1. The van der Waals surface area contributed by atoms with Crippen molar-refractivity contribution in [2.45, 2.75) is 51.5 Å². The molecule has 3 rings (SSSR count). The zero-order chi connectivity index (χ0) is 18.5. The van der Waals surface area contributed by atoms with E-state index in [1.54, 1.807) is 13.2 Å². The van der Waals surface area contributed by atoms with E-state index < -0.39 is 0 Å². The molecule has 0 bridgehead atoms. The van der Waals surface area contributed by atoms with Gasteiger partial charge in [-0.15, -0.1) is 0 Å². The summed E-state index contributed by atoms with van der Waals surface area (Å²) < 4.78 is 5.36. The summed E-state index contributed by atoms with van der Waals surface area (Å²) in [5, 5.41) is 2.94. The number of hydrogen-bond acceptors (Lipinski definition) is 3. The Balaban J connectivity index is 1.73. The lowest BCUT2D eigenvalue weighted by Crippen LogP contribution is -2.37. The number of aryl methyl sites for hydroxylation is 2. The summed E-state index contributed by atoms with van der Waals surface area (Å²) in [6, 6.07) is 9.42. The molecular formula is C21H26N2O3. The van der Waals surface area contributed by atoms with E-state index in [4.69, 9.17) is 4.74 Å². The molecule has 1 aromatic carbocycles. The first-order valence-corrected chi connectivity index (χ1v) is 9.26. The van der Waals surface area contributed by atoms with Crippen molar-refractivity contribution in [3.63, 3.8) is 0 Å². The van der Waals surface area contributed by atoms with Crippen molar-refractivity contribution < 1.29 is 9.53 Å². The summed E-state index contributed by atoms with van der Waals surface area (Å²) in [4.78, 5) is 27.9. The molecule has 1 aliphatic rings. The molecule has 2 aromatic rings. The molecule has 1 atom stereocenters. The van der Waals surface area contributed by atoms with Gasteiger partial charge in [-0.3, -0.25) is 9.59 Å². The molecule has 26 heavy (non-hydrogen) atoms. The average molecular weight is 354 g/mol. The van der Waals surface area contributed by atoms with E-state index >= 15 is 0 Å². The van der Waals surface area contributed by atoms with Gasteiger partial charge >= 0.3 is 0 Å². The molecule has 0 fully saturated rings. The van der Waals surface area contributed by atoms with Gasteiger partial charge in [-0.1, -0.05) is 24.6 Å². The average Bonchev–Trinajstić information content (AvgIpc) is 2.86. The minimum Gasteiger partial charge on any atom is -0.496 e. The maximum absolute atomic E-state index is 12.6. The molecule has 2 N–H and O–H groups in total. The minimum absolute atomic E-state index is 0.114. The number of methoxy groups -OCH3 is 1. The summed E-state index contributed by atoms with van der Waals surface area (Å²) in [6.45, 7) is 1.93. The number of pyridine rings is 1. The molecular weight excluding hydrogens is 328 g/mol. The number of fused-ring (bicyclic) bond motifs is 1. The van der Waals surface area contributed by atoms with Crippen molar-refractivity contribution in [1.82, 2.24) is 10.3 Å². The Labute approximate surface area is 153 Å². The number of aromatic nitrogens is 1. The molecule has 0 unspecified atom stereocenters. The van der Waals surface area contributed by atoms with Crippen LogP contribution in [0.15, 0.2) is 35.1 Å². The number of amides is 1. The number of ether oxygens (including phenoxy) is 1.